The average Bonchev–Trinajstić information content (AvgIpc) is 3.34. The Bertz CT molecular complexity index is 1100. The maximum Gasteiger partial charge on any atom is 0.255 e. The number of rotatable bonds is 5. The molecule has 0 aliphatic heterocycles. The number of aromatic nitrogens is 3. The van der Waals surface area contributed by atoms with Crippen LogP contribution in [0.2, 0.25) is 5.02 Å². The monoisotopic (exact) mass is 392 g/mol. The van der Waals surface area contributed by atoms with E-state index in [2.05, 4.69) is 15.4 Å². The Labute approximate surface area is 166 Å². The number of amides is 1. The largest absolute Gasteiger partial charge is 0.459 e. The first-order valence-corrected chi connectivity index (χ1v) is 9.05. The molecule has 0 unspecified atom stereocenters. The zero-order valence-corrected chi connectivity index (χ0v) is 15.8. The number of nitrogens with zero attached hydrogens (tertiary/aromatic N) is 3. The molecule has 1 aromatic carbocycles. The summed E-state index contributed by atoms with van der Waals surface area (Å²) in [7, 11) is 1.78. The number of carbonyl (C=O) groups is 1. The molecule has 3 heterocycles. The molecular weight excluding hydrogens is 376 g/mol. The minimum absolute atomic E-state index is 0.226. The van der Waals surface area contributed by atoms with Crippen molar-refractivity contribution in [1.82, 2.24) is 20.1 Å². The van der Waals surface area contributed by atoms with Crippen molar-refractivity contribution < 1.29 is 9.21 Å². The lowest BCUT2D eigenvalue weighted by atomic mass is 10.1. The Hall–Kier alpha value is -3.38. The minimum atomic E-state index is -0.226. The van der Waals surface area contributed by atoms with Crippen LogP contribution in [0.5, 0.6) is 0 Å². The summed E-state index contributed by atoms with van der Waals surface area (Å²) in [5, 5.41) is 7.94. The number of hydrogen-bond donors (Lipinski definition) is 1. The summed E-state index contributed by atoms with van der Waals surface area (Å²) in [5.41, 5.74) is 2.79. The van der Waals surface area contributed by atoms with E-state index in [1.165, 1.54) is 0 Å². The van der Waals surface area contributed by atoms with E-state index in [0.717, 1.165) is 16.9 Å². The molecule has 7 heteroatoms. The number of furan rings is 1. The maximum atomic E-state index is 12.7. The maximum absolute atomic E-state index is 12.7. The number of pyridine rings is 1. The van der Waals surface area contributed by atoms with Gasteiger partial charge < -0.3 is 9.73 Å². The van der Waals surface area contributed by atoms with Crippen LogP contribution in [0.25, 0.3) is 22.6 Å². The summed E-state index contributed by atoms with van der Waals surface area (Å²) in [6.07, 6.45) is 5.06. The van der Waals surface area contributed by atoms with Gasteiger partial charge in [0.05, 0.1) is 12.1 Å². The number of nitrogens with one attached hydrogen (secondary N) is 1. The summed E-state index contributed by atoms with van der Waals surface area (Å²) in [6.45, 7) is 0.272. The van der Waals surface area contributed by atoms with Gasteiger partial charge in [0.25, 0.3) is 5.91 Å². The van der Waals surface area contributed by atoms with E-state index < -0.39 is 0 Å². The molecule has 140 valence electrons. The van der Waals surface area contributed by atoms with Gasteiger partial charge in [-0.15, -0.1) is 0 Å². The van der Waals surface area contributed by atoms with Crippen molar-refractivity contribution in [2.45, 2.75) is 6.54 Å². The molecule has 28 heavy (non-hydrogen) atoms. The Kier molecular flexibility index (Phi) is 4.95. The smallest absolute Gasteiger partial charge is 0.255 e. The highest BCUT2D eigenvalue weighted by Gasteiger charge is 2.17. The van der Waals surface area contributed by atoms with Gasteiger partial charge in [0.1, 0.15) is 17.2 Å². The fraction of sp³-hybridized carbons (Fsp3) is 0.0952. The van der Waals surface area contributed by atoms with Crippen molar-refractivity contribution in [1.29, 1.82) is 0 Å². The van der Waals surface area contributed by atoms with Crippen molar-refractivity contribution in [3.05, 3.63) is 83.5 Å². The Morgan fingerprint density at radius 3 is 2.71 bits per heavy atom. The van der Waals surface area contributed by atoms with E-state index in [9.17, 15) is 4.79 Å². The molecule has 0 atom stereocenters. The molecule has 0 spiro atoms. The highest BCUT2D eigenvalue weighted by molar-refractivity contribution is 6.30. The summed E-state index contributed by atoms with van der Waals surface area (Å²) >= 11 is 5.92. The molecule has 0 aliphatic rings. The Balaban J connectivity index is 1.48. The molecule has 4 rings (SSSR count). The van der Waals surface area contributed by atoms with Gasteiger partial charge in [0.2, 0.25) is 0 Å². The zero-order valence-electron chi connectivity index (χ0n) is 15.1. The van der Waals surface area contributed by atoms with Gasteiger partial charge in [0.15, 0.2) is 0 Å². The second-order valence-electron chi connectivity index (χ2n) is 6.26. The standard InChI is InChI=1S/C21H17ClN4O2/c1-26-13-18(20(25-26)15-3-2-10-23-11-15)21(27)24-12-17-8-9-19(28-17)14-4-6-16(22)7-5-14/h2-11,13H,12H2,1H3,(H,24,27). The molecule has 4 aromatic rings. The second-order valence-corrected chi connectivity index (χ2v) is 6.70. The lowest BCUT2D eigenvalue weighted by molar-refractivity contribution is 0.0948. The van der Waals surface area contributed by atoms with Crippen LogP contribution in [-0.2, 0) is 13.6 Å². The number of hydrogen-bond acceptors (Lipinski definition) is 4. The third kappa shape index (κ3) is 3.82. The van der Waals surface area contributed by atoms with Crippen molar-refractivity contribution in [3.8, 4) is 22.6 Å². The average molecular weight is 393 g/mol. The molecule has 0 saturated heterocycles. The molecule has 1 amide bonds. The lowest BCUT2D eigenvalue weighted by Crippen LogP contribution is -2.22. The first-order chi connectivity index (χ1) is 13.6. The van der Waals surface area contributed by atoms with Crippen molar-refractivity contribution in [2.75, 3.05) is 0 Å². The van der Waals surface area contributed by atoms with Gasteiger partial charge in [-0.25, -0.2) is 0 Å². The molecule has 3 aromatic heterocycles. The Morgan fingerprint density at radius 1 is 1.14 bits per heavy atom. The first-order valence-electron chi connectivity index (χ1n) is 8.67. The van der Waals surface area contributed by atoms with Gasteiger partial charge in [-0.2, -0.15) is 5.10 Å². The first kappa shape index (κ1) is 18.0. The van der Waals surface area contributed by atoms with Crippen molar-refractivity contribution in [3.63, 3.8) is 0 Å². The highest BCUT2D eigenvalue weighted by Crippen LogP contribution is 2.24. The third-order valence-corrected chi connectivity index (χ3v) is 4.47. The van der Waals surface area contributed by atoms with Gasteiger partial charge >= 0.3 is 0 Å². The molecule has 1 N–H and O–H groups in total. The van der Waals surface area contributed by atoms with Crippen molar-refractivity contribution >= 4 is 17.5 Å². The van der Waals surface area contributed by atoms with E-state index in [1.54, 1.807) is 30.3 Å². The molecule has 6 nitrogen and oxygen atoms in total. The summed E-state index contributed by atoms with van der Waals surface area (Å²) < 4.78 is 7.44. The van der Waals surface area contributed by atoms with E-state index in [1.807, 2.05) is 48.5 Å². The fourth-order valence-corrected chi connectivity index (χ4v) is 3.00. The molecule has 0 bridgehead atoms. The highest BCUT2D eigenvalue weighted by atomic mass is 35.5. The zero-order chi connectivity index (χ0) is 19.5. The minimum Gasteiger partial charge on any atom is -0.459 e. The number of halogens is 1. The van der Waals surface area contributed by atoms with Crippen LogP contribution in [-0.4, -0.2) is 20.7 Å². The summed E-state index contributed by atoms with van der Waals surface area (Å²) in [5.74, 6) is 1.15. The molecular formula is C21H17ClN4O2. The summed E-state index contributed by atoms with van der Waals surface area (Å²) in [4.78, 5) is 16.8. The van der Waals surface area contributed by atoms with Gasteiger partial charge in [-0.05, 0) is 48.5 Å². The normalized spacial score (nSPS) is 10.8. The van der Waals surface area contributed by atoms with Gasteiger partial charge in [-0.3, -0.25) is 14.5 Å². The van der Waals surface area contributed by atoms with Crippen LogP contribution >= 0.6 is 11.6 Å². The van der Waals surface area contributed by atoms with Crippen molar-refractivity contribution in [2.24, 2.45) is 7.05 Å². The van der Waals surface area contributed by atoms with Crippen LogP contribution < -0.4 is 5.32 Å². The third-order valence-electron chi connectivity index (χ3n) is 4.22. The molecule has 0 fully saturated rings. The fourth-order valence-electron chi connectivity index (χ4n) is 2.88. The SMILES string of the molecule is Cn1cc(C(=O)NCc2ccc(-c3ccc(Cl)cc3)o2)c(-c2cccnc2)n1. The van der Waals surface area contributed by atoms with Gasteiger partial charge in [-0.1, -0.05) is 11.6 Å². The number of carbonyl (C=O) groups excluding carboxylic acids is 1. The lowest BCUT2D eigenvalue weighted by Gasteiger charge is -2.04. The van der Waals surface area contributed by atoms with Crippen LogP contribution in [0.4, 0.5) is 0 Å². The van der Waals surface area contributed by atoms with E-state index in [0.29, 0.717) is 22.0 Å². The predicted octanol–water partition coefficient (Wildman–Crippen LogP) is 4.33. The Morgan fingerprint density at radius 2 is 1.96 bits per heavy atom. The van der Waals surface area contributed by atoms with Crippen LogP contribution in [0.3, 0.4) is 0 Å². The summed E-state index contributed by atoms with van der Waals surface area (Å²) in [6, 6.07) is 14.8. The van der Waals surface area contributed by atoms with E-state index in [4.69, 9.17) is 16.0 Å². The molecule has 0 radical (unpaired) electrons. The van der Waals surface area contributed by atoms with Crippen LogP contribution in [0.1, 0.15) is 16.1 Å². The van der Waals surface area contributed by atoms with Crippen LogP contribution in [0, 0.1) is 0 Å². The molecule has 0 aliphatic carbocycles. The van der Waals surface area contributed by atoms with E-state index >= 15 is 0 Å². The van der Waals surface area contributed by atoms with E-state index in [-0.39, 0.29) is 12.5 Å². The quantitative estimate of drug-likeness (QED) is 0.548. The molecule has 0 saturated carbocycles. The number of benzene rings is 1. The van der Waals surface area contributed by atoms with Gasteiger partial charge in [0, 0.05) is 41.8 Å². The topological polar surface area (TPSA) is 73.0 Å². The van der Waals surface area contributed by atoms with Crippen LogP contribution in [0.15, 0.2) is 71.5 Å². The number of aryl methyl sites for hydroxylation is 1. The second kappa shape index (κ2) is 7.70. The predicted molar refractivity (Wildman–Crippen MR) is 107 cm³/mol.